The summed E-state index contributed by atoms with van der Waals surface area (Å²) in [6.07, 6.45) is 1.27. The van der Waals surface area contributed by atoms with Crippen LogP contribution in [0, 0.1) is 11.6 Å². The van der Waals surface area contributed by atoms with E-state index in [0.717, 1.165) is 17.0 Å². The summed E-state index contributed by atoms with van der Waals surface area (Å²) >= 11 is 0. The molecule has 0 aliphatic carbocycles. The molecule has 2 aromatic rings. The normalized spacial score (nSPS) is 21.5. The van der Waals surface area contributed by atoms with Gasteiger partial charge in [-0.15, -0.1) is 10.2 Å². The Bertz CT molecular complexity index is 1030. The molecule has 4 rings (SSSR count). The molecule has 28 heavy (non-hydrogen) atoms. The number of cyclic esters (lactones) is 1. The molecule has 1 saturated heterocycles. The second-order valence-corrected chi connectivity index (χ2v) is 8.71. The number of aromatic nitrogens is 4. The summed E-state index contributed by atoms with van der Waals surface area (Å²) in [7, 11) is -3.21. The molecule has 2 aliphatic rings. The predicted octanol–water partition coefficient (Wildman–Crippen LogP) is 1.18. The number of hydrogen-bond donors (Lipinski definition) is 0. The average Bonchev–Trinajstić information content (AvgIpc) is 3.25. The molecular weight excluding hydrogens is 396 g/mol. The molecule has 0 saturated carbocycles. The fraction of sp³-hybridized carbons (Fsp3) is 0.375. The van der Waals surface area contributed by atoms with Crippen LogP contribution in [0.25, 0.3) is 5.57 Å². The molecule has 3 heterocycles. The average molecular weight is 411 g/mol. The number of anilines is 1. The summed E-state index contributed by atoms with van der Waals surface area (Å²) in [6.45, 7) is 0.228. The Morgan fingerprint density at radius 3 is 2.61 bits per heavy atom. The molecule has 1 fully saturated rings. The van der Waals surface area contributed by atoms with Gasteiger partial charge in [0.05, 0.1) is 23.7 Å². The molecule has 0 spiro atoms. The van der Waals surface area contributed by atoms with Crippen LogP contribution in [0.3, 0.4) is 0 Å². The summed E-state index contributed by atoms with van der Waals surface area (Å²) in [5.41, 5.74) is 0.0481. The van der Waals surface area contributed by atoms with E-state index in [1.807, 2.05) is 0 Å². The highest BCUT2D eigenvalue weighted by molar-refractivity contribution is 7.91. The Kier molecular flexibility index (Phi) is 4.57. The van der Waals surface area contributed by atoms with Gasteiger partial charge in [0, 0.05) is 5.56 Å². The van der Waals surface area contributed by atoms with Gasteiger partial charge in [-0.3, -0.25) is 4.90 Å². The lowest BCUT2D eigenvalue weighted by atomic mass is 10.0. The van der Waals surface area contributed by atoms with Crippen molar-refractivity contribution in [2.24, 2.45) is 0 Å². The monoisotopic (exact) mass is 411 g/mol. The van der Waals surface area contributed by atoms with Gasteiger partial charge in [-0.1, -0.05) is 6.08 Å². The van der Waals surface area contributed by atoms with Gasteiger partial charge in [-0.2, -0.15) is 4.80 Å². The Morgan fingerprint density at radius 1 is 1.25 bits per heavy atom. The SMILES string of the molecule is O=C1O[C@@H](Cn2ncnn2)CN1c1cc(F)c(C2=CCS(=O)(=O)CC2)c(F)c1. The largest absolute Gasteiger partial charge is 0.442 e. The second-order valence-electron chi connectivity index (χ2n) is 6.49. The first-order valence-corrected chi connectivity index (χ1v) is 10.2. The van der Waals surface area contributed by atoms with E-state index in [2.05, 4.69) is 15.4 Å². The van der Waals surface area contributed by atoms with Gasteiger partial charge in [0.25, 0.3) is 0 Å². The third-order valence-corrected chi connectivity index (χ3v) is 6.06. The number of hydrogen-bond acceptors (Lipinski definition) is 7. The van der Waals surface area contributed by atoms with Crippen LogP contribution in [0.2, 0.25) is 0 Å². The van der Waals surface area contributed by atoms with Crippen LogP contribution < -0.4 is 4.90 Å². The topological polar surface area (TPSA) is 107 Å². The number of rotatable bonds is 4. The minimum atomic E-state index is -3.21. The molecule has 1 aromatic heterocycles. The van der Waals surface area contributed by atoms with E-state index >= 15 is 0 Å². The molecule has 12 heteroatoms. The highest BCUT2D eigenvalue weighted by Gasteiger charge is 2.34. The molecule has 1 atom stereocenters. The van der Waals surface area contributed by atoms with Gasteiger partial charge in [0.15, 0.2) is 16.2 Å². The van der Waals surface area contributed by atoms with Crippen molar-refractivity contribution in [2.45, 2.75) is 19.1 Å². The number of carbonyl (C=O) groups excluding carboxylic acids is 1. The number of allylic oxidation sites excluding steroid dienone is 1. The molecule has 1 aromatic carbocycles. The number of benzene rings is 1. The van der Waals surface area contributed by atoms with Crippen molar-refractivity contribution >= 4 is 27.2 Å². The molecule has 0 unspecified atom stereocenters. The summed E-state index contributed by atoms with van der Waals surface area (Å²) < 4.78 is 57.4. The summed E-state index contributed by atoms with van der Waals surface area (Å²) in [4.78, 5) is 14.5. The number of halogens is 2. The molecule has 0 N–H and O–H groups in total. The summed E-state index contributed by atoms with van der Waals surface area (Å²) in [6, 6.07) is 2.08. The van der Waals surface area contributed by atoms with Gasteiger partial charge in [0.1, 0.15) is 24.3 Å². The number of sulfone groups is 1. The van der Waals surface area contributed by atoms with Gasteiger partial charge in [-0.25, -0.2) is 22.0 Å². The number of tetrazole rings is 1. The van der Waals surface area contributed by atoms with E-state index in [-0.39, 0.29) is 42.3 Å². The number of carbonyl (C=O) groups is 1. The third-order valence-electron chi connectivity index (χ3n) is 4.56. The van der Waals surface area contributed by atoms with Crippen molar-refractivity contribution in [3.05, 3.63) is 41.7 Å². The third kappa shape index (κ3) is 3.59. The smallest absolute Gasteiger partial charge is 0.414 e. The standard InChI is InChI=1S/C16H15F2N5O4S/c17-13-5-11(6-14(18)15(13)10-1-3-28(25,26)4-2-10)22-7-12(27-16(22)24)8-23-20-9-19-21-23/h1,5-6,9,12H,2-4,7-8H2/t12-/m1/s1. The van der Waals surface area contributed by atoms with Crippen molar-refractivity contribution in [3.63, 3.8) is 0 Å². The van der Waals surface area contributed by atoms with Crippen LogP contribution in [-0.4, -0.2) is 58.9 Å². The van der Waals surface area contributed by atoms with Crippen LogP contribution in [-0.2, 0) is 21.1 Å². The first-order chi connectivity index (χ1) is 13.3. The van der Waals surface area contributed by atoms with E-state index in [1.54, 1.807) is 0 Å². The highest BCUT2D eigenvalue weighted by Crippen LogP contribution is 2.32. The van der Waals surface area contributed by atoms with E-state index in [1.165, 1.54) is 17.2 Å². The number of amides is 1. The lowest BCUT2D eigenvalue weighted by Gasteiger charge is -2.18. The zero-order valence-electron chi connectivity index (χ0n) is 14.5. The maximum atomic E-state index is 14.6. The number of nitrogens with zero attached hydrogens (tertiary/aromatic N) is 5. The molecule has 9 nitrogen and oxygen atoms in total. The Labute approximate surface area is 158 Å². The van der Waals surface area contributed by atoms with Crippen molar-refractivity contribution in [1.29, 1.82) is 0 Å². The first-order valence-electron chi connectivity index (χ1n) is 8.40. The fourth-order valence-corrected chi connectivity index (χ4v) is 4.36. The van der Waals surface area contributed by atoms with E-state index < -0.39 is 33.7 Å². The van der Waals surface area contributed by atoms with Gasteiger partial charge >= 0.3 is 6.09 Å². The number of ether oxygens (including phenoxy) is 1. The van der Waals surface area contributed by atoms with Gasteiger partial charge < -0.3 is 4.74 Å². The maximum Gasteiger partial charge on any atom is 0.414 e. The lowest BCUT2D eigenvalue weighted by Crippen LogP contribution is -2.27. The predicted molar refractivity (Wildman–Crippen MR) is 93.0 cm³/mol. The molecule has 1 amide bonds. The van der Waals surface area contributed by atoms with Crippen LogP contribution in [0.15, 0.2) is 24.5 Å². The van der Waals surface area contributed by atoms with Crippen molar-refractivity contribution in [3.8, 4) is 0 Å². The quantitative estimate of drug-likeness (QED) is 0.743. The minimum Gasteiger partial charge on any atom is -0.442 e. The van der Waals surface area contributed by atoms with Crippen LogP contribution >= 0.6 is 0 Å². The van der Waals surface area contributed by atoms with Gasteiger partial charge in [-0.05, 0) is 29.3 Å². The molecule has 0 radical (unpaired) electrons. The highest BCUT2D eigenvalue weighted by atomic mass is 32.2. The summed E-state index contributed by atoms with van der Waals surface area (Å²) in [5.74, 6) is -2.14. The minimum absolute atomic E-state index is 0.0156. The Balaban J connectivity index is 1.56. The zero-order valence-corrected chi connectivity index (χ0v) is 15.3. The van der Waals surface area contributed by atoms with Crippen LogP contribution in [0.5, 0.6) is 0 Å². The van der Waals surface area contributed by atoms with Crippen LogP contribution in [0.4, 0.5) is 19.3 Å². The Morgan fingerprint density at radius 2 is 2.00 bits per heavy atom. The van der Waals surface area contributed by atoms with E-state index in [4.69, 9.17) is 4.74 Å². The first kappa shape index (κ1) is 18.5. The van der Waals surface area contributed by atoms with Crippen molar-refractivity contribution in [2.75, 3.05) is 23.0 Å². The Hall–Kier alpha value is -2.89. The summed E-state index contributed by atoms with van der Waals surface area (Å²) in [5, 5.41) is 11.1. The second kappa shape index (κ2) is 6.93. The zero-order chi connectivity index (χ0) is 19.9. The van der Waals surface area contributed by atoms with E-state index in [9.17, 15) is 22.0 Å². The molecular formula is C16H15F2N5O4S. The van der Waals surface area contributed by atoms with Crippen molar-refractivity contribution in [1.82, 2.24) is 20.2 Å². The van der Waals surface area contributed by atoms with Crippen LogP contribution in [0.1, 0.15) is 12.0 Å². The molecule has 148 valence electrons. The van der Waals surface area contributed by atoms with Gasteiger partial charge in [0.2, 0.25) is 0 Å². The van der Waals surface area contributed by atoms with E-state index in [0.29, 0.717) is 5.57 Å². The lowest BCUT2D eigenvalue weighted by molar-refractivity contribution is 0.126. The maximum absolute atomic E-state index is 14.6. The fourth-order valence-electron chi connectivity index (χ4n) is 3.21. The molecule has 0 bridgehead atoms. The molecule has 2 aliphatic heterocycles. The van der Waals surface area contributed by atoms with Crippen molar-refractivity contribution < 1.29 is 26.7 Å².